The van der Waals surface area contributed by atoms with Crippen LogP contribution in [0.3, 0.4) is 0 Å². The van der Waals surface area contributed by atoms with E-state index in [1.807, 2.05) is 12.2 Å². The Balaban J connectivity index is 4.57. The summed E-state index contributed by atoms with van der Waals surface area (Å²) in [5.41, 5.74) is 0. The third-order valence-electron chi connectivity index (χ3n) is 9.63. The molecule has 6 nitrogen and oxygen atoms in total. The van der Waals surface area contributed by atoms with Crippen LogP contribution in [0.1, 0.15) is 207 Å². The average molecular weight is 807 g/mol. The Morgan fingerprint density at radius 2 is 0.707 bits per heavy atom. The Bertz CT molecular complexity index is 1160. The smallest absolute Gasteiger partial charge is 0.306 e. The first-order chi connectivity index (χ1) is 28.5. The van der Waals surface area contributed by atoms with E-state index in [1.54, 1.807) is 0 Å². The van der Waals surface area contributed by atoms with Gasteiger partial charge >= 0.3 is 17.9 Å². The predicted molar refractivity (Wildman–Crippen MR) is 247 cm³/mol. The standard InChI is InChI=1S/C52H86O6/c1-4-7-10-13-16-19-22-25-28-30-33-36-39-42-45-51(54)57-48-49(58-52(55)46-43-40-37-34-31-27-24-21-18-15-12-9-6-3)47-56-50(53)44-41-38-35-32-29-26-23-20-17-14-11-8-5-2/h7,10,16,19,25-29,31,35,37-38,40,49H,4-6,8-9,11-15,17-18,20-24,30,32-34,36,39,41-48H2,1-3H3/b10-7-,19-16-,28-25-,29-26-,31-27-,38-35-,40-37-. The monoisotopic (exact) mass is 807 g/mol. The summed E-state index contributed by atoms with van der Waals surface area (Å²) in [5, 5.41) is 0. The third-order valence-corrected chi connectivity index (χ3v) is 9.63. The normalized spacial score (nSPS) is 12.8. The molecule has 0 spiro atoms. The Morgan fingerprint density at radius 1 is 0.362 bits per heavy atom. The Labute approximate surface area is 356 Å². The Kier molecular flexibility index (Phi) is 43.6. The molecular formula is C52H86O6. The van der Waals surface area contributed by atoms with Gasteiger partial charge in [-0.3, -0.25) is 14.4 Å². The molecule has 58 heavy (non-hydrogen) atoms. The highest BCUT2D eigenvalue weighted by atomic mass is 16.6. The number of hydrogen-bond acceptors (Lipinski definition) is 6. The second-order valence-electron chi connectivity index (χ2n) is 15.3. The summed E-state index contributed by atoms with van der Waals surface area (Å²) in [5.74, 6) is -1.09. The molecule has 0 amide bonds. The fourth-order valence-corrected chi connectivity index (χ4v) is 6.09. The number of rotatable bonds is 41. The molecule has 1 atom stereocenters. The molecule has 0 radical (unpaired) electrons. The first-order valence-corrected chi connectivity index (χ1v) is 23.6. The largest absolute Gasteiger partial charge is 0.462 e. The highest BCUT2D eigenvalue weighted by molar-refractivity contribution is 5.71. The van der Waals surface area contributed by atoms with Crippen LogP contribution in [-0.4, -0.2) is 37.2 Å². The van der Waals surface area contributed by atoms with E-state index in [-0.39, 0.29) is 38.0 Å². The minimum Gasteiger partial charge on any atom is -0.462 e. The van der Waals surface area contributed by atoms with Crippen molar-refractivity contribution in [1.29, 1.82) is 0 Å². The minimum atomic E-state index is -0.837. The van der Waals surface area contributed by atoms with Gasteiger partial charge in [0.05, 0.1) is 0 Å². The van der Waals surface area contributed by atoms with Crippen molar-refractivity contribution in [2.75, 3.05) is 13.2 Å². The molecule has 0 aliphatic heterocycles. The van der Waals surface area contributed by atoms with E-state index < -0.39 is 12.1 Å². The van der Waals surface area contributed by atoms with Crippen molar-refractivity contribution in [2.45, 2.75) is 213 Å². The number of hydrogen-bond donors (Lipinski definition) is 0. The van der Waals surface area contributed by atoms with E-state index in [9.17, 15) is 14.4 Å². The molecule has 0 aliphatic carbocycles. The highest BCUT2D eigenvalue weighted by Crippen LogP contribution is 2.11. The molecule has 0 heterocycles. The lowest BCUT2D eigenvalue weighted by Crippen LogP contribution is -2.30. The maximum atomic E-state index is 12.7. The number of carbonyl (C=O) groups is 3. The zero-order chi connectivity index (χ0) is 42.3. The molecule has 0 saturated heterocycles. The summed E-state index contributed by atoms with van der Waals surface area (Å²) in [6.07, 6.45) is 58.8. The fourth-order valence-electron chi connectivity index (χ4n) is 6.09. The minimum absolute atomic E-state index is 0.129. The van der Waals surface area contributed by atoms with Gasteiger partial charge in [0.2, 0.25) is 0 Å². The summed E-state index contributed by atoms with van der Waals surface area (Å²) in [4.78, 5) is 37.7. The van der Waals surface area contributed by atoms with Crippen LogP contribution < -0.4 is 0 Å². The molecule has 330 valence electrons. The molecule has 0 aromatic heterocycles. The second kappa shape index (κ2) is 46.3. The molecular weight excluding hydrogens is 721 g/mol. The number of unbranched alkanes of at least 4 members (excludes halogenated alkanes) is 16. The van der Waals surface area contributed by atoms with Crippen molar-refractivity contribution in [1.82, 2.24) is 0 Å². The lowest BCUT2D eigenvalue weighted by Gasteiger charge is -2.18. The quantitative estimate of drug-likeness (QED) is 0.0265. The van der Waals surface area contributed by atoms with Gasteiger partial charge in [-0.15, -0.1) is 0 Å². The summed E-state index contributed by atoms with van der Waals surface area (Å²) >= 11 is 0. The highest BCUT2D eigenvalue weighted by Gasteiger charge is 2.19. The first kappa shape index (κ1) is 54.6. The molecule has 6 heteroatoms. The van der Waals surface area contributed by atoms with Gasteiger partial charge in [-0.2, -0.15) is 0 Å². The van der Waals surface area contributed by atoms with Crippen LogP contribution in [0.5, 0.6) is 0 Å². The van der Waals surface area contributed by atoms with Gasteiger partial charge in [-0.05, 0) is 89.9 Å². The molecule has 0 fully saturated rings. The maximum absolute atomic E-state index is 12.7. The van der Waals surface area contributed by atoms with Crippen LogP contribution in [0.4, 0.5) is 0 Å². The average Bonchev–Trinajstić information content (AvgIpc) is 3.22. The first-order valence-electron chi connectivity index (χ1n) is 23.6. The van der Waals surface area contributed by atoms with Crippen molar-refractivity contribution in [2.24, 2.45) is 0 Å². The van der Waals surface area contributed by atoms with Crippen molar-refractivity contribution in [3.63, 3.8) is 0 Å². The lowest BCUT2D eigenvalue weighted by molar-refractivity contribution is -0.166. The van der Waals surface area contributed by atoms with Gasteiger partial charge in [0.1, 0.15) is 13.2 Å². The predicted octanol–water partition coefficient (Wildman–Crippen LogP) is 15.3. The van der Waals surface area contributed by atoms with E-state index in [2.05, 4.69) is 93.7 Å². The van der Waals surface area contributed by atoms with Crippen LogP contribution in [0.25, 0.3) is 0 Å². The van der Waals surface area contributed by atoms with Crippen LogP contribution in [0.15, 0.2) is 85.1 Å². The van der Waals surface area contributed by atoms with Gasteiger partial charge in [0.15, 0.2) is 6.10 Å². The molecule has 1 unspecified atom stereocenters. The van der Waals surface area contributed by atoms with Crippen molar-refractivity contribution >= 4 is 17.9 Å². The second-order valence-corrected chi connectivity index (χ2v) is 15.3. The zero-order valence-corrected chi connectivity index (χ0v) is 37.5. The molecule has 0 aliphatic rings. The Morgan fingerprint density at radius 3 is 1.16 bits per heavy atom. The van der Waals surface area contributed by atoms with Crippen LogP contribution >= 0.6 is 0 Å². The Hall–Kier alpha value is -3.41. The van der Waals surface area contributed by atoms with E-state index in [0.717, 1.165) is 77.0 Å². The number of allylic oxidation sites excluding steroid dienone is 14. The van der Waals surface area contributed by atoms with Crippen molar-refractivity contribution in [3.8, 4) is 0 Å². The van der Waals surface area contributed by atoms with Gasteiger partial charge < -0.3 is 14.2 Å². The molecule has 0 saturated carbocycles. The molecule has 0 aromatic rings. The maximum Gasteiger partial charge on any atom is 0.306 e. The number of esters is 3. The van der Waals surface area contributed by atoms with Crippen LogP contribution in [0, 0.1) is 0 Å². The van der Waals surface area contributed by atoms with Gasteiger partial charge in [0.25, 0.3) is 0 Å². The summed E-state index contributed by atoms with van der Waals surface area (Å²) in [7, 11) is 0. The zero-order valence-electron chi connectivity index (χ0n) is 37.5. The van der Waals surface area contributed by atoms with E-state index in [1.165, 1.54) is 77.0 Å². The summed E-state index contributed by atoms with van der Waals surface area (Å²) in [6, 6.07) is 0. The lowest BCUT2D eigenvalue weighted by atomic mass is 10.1. The molecule has 0 bridgehead atoms. The van der Waals surface area contributed by atoms with E-state index in [0.29, 0.717) is 19.3 Å². The van der Waals surface area contributed by atoms with Gasteiger partial charge in [0, 0.05) is 19.3 Å². The third kappa shape index (κ3) is 43.7. The van der Waals surface area contributed by atoms with Crippen LogP contribution in [-0.2, 0) is 28.6 Å². The summed E-state index contributed by atoms with van der Waals surface area (Å²) < 4.78 is 16.6. The summed E-state index contributed by atoms with van der Waals surface area (Å²) in [6.45, 7) is 6.36. The van der Waals surface area contributed by atoms with E-state index in [4.69, 9.17) is 14.2 Å². The van der Waals surface area contributed by atoms with Crippen molar-refractivity contribution < 1.29 is 28.6 Å². The van der Waals surface area contributed by atoms with Gasteiger partial charge in [-0.25, -0.2) is 0 Å². The fraction of sp³-hybridized carbons (Fsp3) is 0.673. The molecule has 0 aromatic carbocycles. The number of ether oxygens (including phenoxy) is 3. The van der Waals surface area contributed by atoms with Crippen LogP contribution in [0.2, 0.25) is 0 Å². The van der Waals surface area contributed by atoms with Gasteiger partial charge in [-0.1, -0.05) is 183 Å². The van der Waals surface area contributed by atoms with E-state index >= 15 is 0 Å². The number of carbonyl (C=O) groups excluding carboxylic acids is 3. The molecule has 0 N–H and O–H groups in total. The molecule has 0 rings (SSSR count). The topological polar surface area (TPSA) is 78.9 Å². The SMILES string of the molecule is CC/C=C\C/C=C\C/C=C\CCCCCCC(=O)OCC(COC(=O)CC/C=C\C/C=C\CCCCCCCC)OC(=O)CC/C=C\C/C=C\CCCCCCCC. The van der Waals surface area contributed by atoms with Crippen molar-refractivity contribution in [3.05, 3.63) is 85.1 Å².